The van der Waals surface area contributed by atoms with Crippen molar-refractivity contribution in [3.05, 3.63) is 66.5 Å². The predicted molar refractivity (Wildman–Crippen MR) is 170 cm³/mol. The van der Waals surface area contributed by atoms with E-state index in [2.05, 4.69) is 55.6 Å². The Kier molecular flexibility index (Phi) is 9.62. The summed E-state index contributed by atoms with van der Waals surface area (Å²) in [4.78, 5) is 33.4. The Bertz CT molecular complexity index is 1370. The summed E-state index contributed by atoms with van der Waals surface area (Å²) in [6.45, 7) is 8.93. The van der Waals surface area contributed by atoms with Crippen LogP contribution in [0.2, 0.25) is 0 Å². The predicted octanol–water partition coefficient (Wildman–Crippen LogP) is 4.50. The number of aromatic nitrogens is 2. The lowest BCUT2D eigenvalue weighted by Crippen LogP contribution is -2.54. The fourth-order valence-corrected chi connectivity index (χ4v) is 6.16. The van der Waals surface area contributed by atoms with Crippen molar-refractivity contribution in [2.75, 3.05) is 44.2 Å². The minimum atomic E-state index is -0.960. The van der Waals surface area contributed by atoms with E-state index in [0.717, 1.165) is 67.7 Å². The van der Waals surface area contributed by atoms with Crippen molar-refractivity contribution in [3.8, 4) is 16.9 Å². The standard InChI is InChI=1S/C33H42N6O3.ClH/c1-33(2,32(41)37-17-14-34-15-18-37)42-30-7-3-6-29(19-30)38-16-4-5-26(23-38)31(40)39(28-12-13-28)22-24-8-10-25(11-9-24)27-20-35-36-21-27;/h3,6-11,19-21,26,28,34H,4-5,12-18,22-23H2,1-2H3,(H,35,36);1H/t26-;/m0./s1. The first kappa shape index (κ1) is 30.9. The quantitative estimate of drug-likeness (QED) is 0.373. The second-order valence-corrected chi connectivity index (χ2v) is 12.3. The van der Waals surface area contributed by atoms with Crippen LogP contribution in [0.4, 0.5) is 5.69 Å². The number of nitrogens with zero attached hydrogens (tertiary/aromatic N) is 4. The zero-order chi connectivity index (χ0) is 29.1. The molecule has 230 valence electrons. The molecule has 9 nitrogen and oxygen atoms in total. The van der Waals surface area contributed by atoms with Crippen molar-refractivity contribution < 1.29 is 14.3 Å². The minimum Gasteiger partial charge on any atom is -0.478 e. The van der Waals surface area contributed by atoms with Crippen molar-refractivity contribution in [1.82, 2.24) is 25.3 Å². The van der Waals surface area contributed by atoms with Gasteiger partial charge < -0.3 is 24.8 Å². The average Bonchev–Trinajstić information content (AvgIpc) is 3.72. The summed E-state index contributed by atoms with van der Waals surface area (Å²) in [5.41, 5.74) is 3.39. The third-order valence-electron chi connectivity index (χ3n) is 8.65. The second kappa shape index (κ2) is 13.4. The monoisotopic (exact) mass is 606 g/mol. The van der Waals surface area contributed by atoms with Crippen LogP contribution in [0.5, 0.6) is 5.75 Å². The van der Waals surface area contributed by atoms with Gasteiger partial charge in [0.1, 0.15) is 5.75 Å². The van der Waals surface area contributed by atoms with E-state index in [1.165, 1.54) is 0 Å². The summed E-state index contributed by atoms with van der Waals surface area (Å²) >= 11 is 0. The highest BCUT2D eigenvalue weighted by Gasteiger charge is 2.38. The van der Waals surface area contributed by atoms with Crippen LogP contribution in [-0.2, 0) is 16.1 Å². The molecule has 0 bridgehead atoms. The minimum absolute atomic E-state index is 0. The van der Waals surface area contributed by atoms with E-state index < -0.39 is 5.60 Å². The zero-order valence-corrected chi connectivity index (χ0v) is 25.9. The number of H-pyrrole nitrogens is 1. The van der Waals surface area contributed by atoms with Crippen molar-refractivity contribution in [2.45, 2.75) is 57.7 Å². The van der Waals surface area contributed by atoms with Gasteiger partial charge in [-0.15, -0.1) is 12.4 Å². The van der Waals surface area contributed by atoms with Gasteiger partial charge in [0.2, 0.25) is 5.91 Å². The van der Waals surface area contributed by atoms with E-state index in [9.17, 15) is 9.59 Å². The number of hydrogen-bond donors (Lipinski definition) is 2. The average molecular weight is 607 g/mol. The maximum atomic E-state index is 13.9. The van der Waals surface area contributed by atoms with Crippen LogP contribution in [0, 0.1) is 5.92 Å². The largest absolute Gasteiger partial charge is 0.478 e. The van der Waals surface area contributed by atoms with E-state index in [1.54, 1.807) is 0 Å². The number of rotatable bonds is 9. The van der Waals surface area contributed by atoms with Gasteiger partial charge in [0.05, 0.1) is 12.1 Å². The molecule has 0 spiro atoms. The summed E-state index contributed by atoms with van der Waals surface area (Å²) in [7, 11) is 0. The number of anilines is 1. The molecule has 2 amide bonds. The molecule has 2 aliphatic heterocycles. The van der Waals surface area contributed by atoms with Gasteiger partial charge in [-0.1, -0.05) is 30.3 Å². The van der Waals surface area contributed by atoms with Crippen molar-refractivity contribution in [1.29, 1.82) is 0 Å². The Morgan fingerprint density at radius 2 is 1.79 bits per heavy atom. The molecule has 2 aromatic carbocycles. The van der Waals surface area contributed by atoms with Gasteiger partial charge in [0.15, 0.2) is 5.60 Å². The first-order valence-corrected chi connectivity index (χ1v) is 15.3. The molecule has 1 aromatic heterocycles. The van der Waals surface area contributed by atoms with Gasteiger partial charge in [0, 0.05) is 75.4 Å². The molecule has 0 radical (unpaired) electrons. The number of carbonyl (C=O) groups excluding carboxylic acids is 2. The molecule has 3 aromatic rings. The van der Waals surface area contributed by atoms with Crippen LogP contribution >= 0.6 is 12.4 Å². The van der Waals surface area contributed by atoms with Crippen LogP contribution < -0.4 is 15.0 Å². The molecule has 0 unspecified atom stereocenters. The molecule has 10 heteroatoms. The van der Waals surface area contributed by atoms with E-state index in [4.69, 9.17) is 4.74 Å². The number of benzene rings is 2. The van der Waals surface area contributed by atoms with Crippen molar-refractivity contribution >= 4 is 29.9 Å². The molecule has 3 fully saturated rings. The van der Waals surface area contributed by atoms with Crippen LogP contribution in [0.3, 0.4) is 0 Å². The van der Waals surface area contributed by atoms with Gasteiger partial charge in [-0.25, -0.2) is 0 Å². The highest BCUT2D eigenvalue weighted by molar-refractivity contribution is 5.85. The molecule has 1 aliphatic carbocycles. The van der Waals surface area contributed by atoms with Crippen LogP contribution in [0.1, 0.15) is 45.1 Å². The van der Waals surface area contributed by atoms with E-state index >= 15 is 0 Å². The lowest BCUT2D eigenvalue weighted by atomic mass is 9.95. The Morgan fingerprint density at radius 1 is 1.02 bits per heavy atom. The summed E-state index contributed by atoms with van der Waals surface area (Å²) in [6, 6.07) is 16.8. The third kappa shape index (κ3) is 7.33. The number of nitrogens with one attached hydrogen (secondary N) is 2. The lowest BCUT2D eigenvalue weighted by Gasteiger charge is -2.37. The number of amides is 2. The number of piperazine rings is 1. The molecular weight excluding hydrogens is 564 g/mol. The summed E-state index contributed by atoms with van der Waals surface area (Å²) < 4.78 is 6.28. The topological polar surface area (TPSA) is 93.8 Å². The van der Waals surface area contributed by atoms with Gasteiger partial charge in [-0.3, -0.25) is 14.7 Å². The SMILES string of the molecule is CC(C)(Oc1cccc(N2CCC[C@H](C(=O)N(Cc3ccc(-c4cn[nH]c4)cc3)C3CC3)C2)c1)C(=O)N1CCNCC1.Cl. The van der Waals surface area contributed by atoms with Crippen molar-refractivity contribution in [3.63, 3.8) is 0 Å². The van der Waals surface area contributed by atoms with Gasteiger partial charge >= 0.3 is 0 Å². The van der Waals surface area contributed by atoms with E-state index in [1.807, 2.05) is 49.3 Å². The molecule has 1 saturated carbocycles. The van der Waals surface area contributed by atoms with E-state index in [0.29, 0.717) is 38.0 Å². The molecule has 43 heavy (non-hydrogen) atoms. The number of ether oxygens (including phenoxy) is 1. The van der Waals surface area contributed by atoms with Crippen LogP contribution in [-0.4, -0.2) is 82.7 Å². The molecule has 2 N–H and O–H groups in total. The highest BCUT2D eigenvalue weighted by Crippen LogP contribution is 2.34. The normalized spacial score (nSPS) is 19.0. The summed E-state index contributed by atoms with van der Waals surface area (Å²) in [6.07, 6.45) is 7.74. The number of aromatic amines is 1. The molecular formula is C33H43ClN6O3. The Morgan fingerprint density at radius 3 is 2.49 bits per heavy atom. The summed E-state index contributed by atoms with van der Waals surface area (Å²) in [5, 5.41) is 10.2. The number of piperidine rings is 1. The molecule has 3 aliphatic rings. The molecule has 1 atom stereocenters. The molecule has 6 rings (SSSR count). The maximum absolute atomic E-state index is 13.9. The van der Waals surface area contributed by atoms with Gasteiger partial charge in [-0.2, -0.15) is 5.10 Å². The second-order valence-electron chi connectivity index (χ2n) is 12.3. The third-order valence-corrected chi connectivity index (χ3v) is 8.65. The first-order chi connectivity index (χ1) is 20.4. The number of hydrogen-bond acceptors (Lipinski definition) is 6. The fourth-order valence-electron chi connectivity index (χ4n) is 6.16. The number of halogens is 1. The van der Waals surface area contributed by atoms with Gasteiger partial charge in [-0.05, 0) is 62.8 Å². The highest BCUT2D eigenvalue weighted by atomic mass is 35.5. The molecule has 3 heterocycles. The smallest absolute Gasteiger partial charge is 0.266 e. The Balaban J connectivity index is 0.00000368. The number of carbonyl (C=O) groups is 2. The van der Waals surface area contributed by atoms with Crippen LogP contribution in [0.15, 0.2) is 60.9 Å². The summed E-state index contributed by atoms with van der Waals surface area (Å²) in [5.74, 6) is 0.901. The van der Waals surface area contributed by atoms with Gasteiger partial charge in [0.25, 0.3) is 5.91 Å². The Hall–Kier alpha value is -3.56. The fraction of sp³-hybridized carbons (Fsp3) is 0.485. The lowest BCUT2D eigenvalue weighted by molar-refractivity contribution is -0.146. The first-order valence-electron chi connectivity index (χ1n) is 15.3. The maximum Gasteiger partial charge on any atom is 0.266 e. The molecule has 2 saturated heterocycles. The van der Waals surface area contributed by atoms with E-state index in [-0.39, 0.29) is 30.1 Å². The zero-order valence-electron chi connectivity index (χ0n) is 25.1. The Labute approximate surface area is 260 Å². The van der Waals surface area contributed by atoms with Crippen LogP contribution in [0.25, 0.3) is 11.1 Å². The van der Waals surface area contributed by atoms with Crippen molar-refractivity contribution in [2.24, 2.45) is 5.92 Å².